The van der Waals surface area contributed by atoms with E-state index in [9.17, 15) is 18.9 Å². The zero-order valence-electron chi connectivity index (χ0n) is 8.28. The maximum absolute atomic E-state index is 12.5. The highest BCUT2D eigenvalue weighted by Gasteiger charge is 2.25. The molecular weight excluding hydrogens is 220 g/mol. The van der Waals surface area contributed by atoms with Gasteiger partial charge in [0.25, 0.3) is 6.43 Å². The summed E-state index contributed by atoms with van der Waals surface area (Å²) in [5.41, 5.74) is -0.217. The minimum absolute atomic E-state index is 0.143. The summed E-state index contributed by atoms with van der Waals surface area (Å²) >= 11 is 0. The molecule has 0 bridgehead atoms. The Kier molecular flexibility index (Phi) is 3.45. The molecule has 1 aromatic rings. The number of hydrogen-bond donors (Lipinski definition) is 0. The quantitative estimate of drug-likeness (QED) is 0.586. The fourth-order valence-electron chi connectivity index (χ4n) is 1.22. The van der Waals surface area contributed by atoms with Crippen molar-refractivity contribution in [3.8, 4) is 6.07 Å². The van der Waals surface area contributed by atoms with Gasteiger partial charge in [0.05, 0.1) is 6.07 Å². The number of halogens is 2. The van der Waals surface area contributed by atoms with Crippen LogP contribution in [0.3, 0.4) is 0 Å². The molecule has 0 N–H and O–H groups in total. The van der Waals surface area contributed by atoms with Gasteiger partial charge in [-0.15, -0.1) is 0 Å². The number of nitrogens with zero attached hydrogens (tertiary/aromatic N) is 3. The first-order valence-corrected chi connectivity index (χ1v) is 4.27. The lowest BCUT2D eigenvalue weighted by molar-refractivity contribution is -0.391. The topological polar surface area (TPSA) is 79.8 Å². The maximum atomic E-state index is 12.5. The van der Waals surface area contributed by atoms with Crippen molar-refractivity contribution in [3.05, 3.63) is 33.0 Å². The van der Waals surface area contributed by atoms with Crippen LogP contribution in [0.15, 0.2) is 6.07 Å². The van der Waals surface area contributed by atoms with Crippen molar-refractivity contribution >= 4 is 5.82 Å². The summed E-state index contributed by atoms with van der Waals surface area (Å²) in [7, 11) is 0. The minimum atomic E-state index is -2.96. The number of rotatable bonds is 3. The van der Waals surface area contributed by atoms with Crippen LogP contribution in [-0.4, -0.2) is 9.91 Å². The standard InChI is InChI=1S/C9H7F2N3O2/c1-5-4-6(8(10)11)9(14(15)16)13-7(5)2-3-12/h4,8H,2H2,1H3. The van der Waals surface area contributed by atoms with Crippen LogP contribution in [0.1, 0.15) is 23.2 Å². The summed E-state index contributed by atoms with van der Waals surface area (Å²) in [6, 6.07) is 2.77. The zero-order chi connectivity index (χ0) is 12.3. The number of nitriles is 1. The molecule has 0 amide bonds. The highest BCUT2D eigenvalue weighted by Crippen LogP contribution is 2.28. The van der Waals surface area contributed by atoms with Crippen molar-refractivity contribution < 1.29 is 13.7 Å². The van der Waals surface area contributed by atoms with Gasteiger partial charge in [0.1, 0.15) is 12.0 Å². The smallest absolute Gasteiger partial charge is 0.358 e. The van der Waals surface area contributed by atoms with Gasteiger partial charge in [-0.3, -0.25) is 0 Å². The summed E-state index contributed by atoms with van der Waals surface area (Å²) < 4.78 is 25.0. The first-order valence-electron chi connectivity index (χ1n) is 4.27. The molecule has 0 saturated carbocycles. The van der Waals surface area contributed by atoms with E-state index in [-0.39, 0.29) is 12.1 Å². The van der Waals surface area contributed by atoms with Crippen LogP contribution < -0.4 is 0 Å². The van der Waals surface area contributed by atoms with Crippen LogP contribution in [0, 0.1) is 28.4 Å². The Bertz CT molecular complexity index is 469. The SMILES string of the molecule is Cc1cc(C(F)F)c([N+](=O)[O-])nc1CC#N. The molecule has 16 heavy (non-hydrogen) atoms. The molecule has 5 nitrogen and oxygen atoms in total. The molecule has 1 rings (SSSR count). The molecule has 1 aromatic heterocycles. The molecule has 0 radical (unpaired) electrons. The minimum Gasteiger partial charge on any atom is -0.358 e. The Hall–Kier alpha value is -2.10. The lowest BCUT2D eigenvalue weighted by Crippen LogP contribution is -2.04. The molecule has 1 heterocycles. The van der Waals surface area contributed by atoms with E-state index in [2.05, 4.69) is 4.98 Å². The van der Waals surface area contributed by atoms with Gasteiger partial charge in [-0.05, 0) is 28.5 Å². The maximum Gasteiger partial charge on any atom is 0.372 e. The van der Waals surface area contributed by atoms with Gasteiger partial charge in [0.2, 0.25) is 0 Å². The number of aromatic nitrogens is 1. The Morgan fingerprint density at radius 1 is 1.69 bits per heavy atom. The molecule has 0 fully saturated rings. The van der Waals surface area contributed by atoms with Crippen LogP contribution >= 0.6 is 0 Å². The molecule has 0 aliphatic rings. The number of hydrogen-bond acceptors (Lipinski definition) is 4. The molecule has 84 valence electrons. The van der Waals surface area contributed by atoms with Gasteiger partial charge in [0.15, 0.2) is 5.69 Å². The molecule has 0 aliphatic carbocycles. The molecule has 0 aliphatic heterocycles. The van der Waals surface area contributed by atoms with E-state index in [1.165, 1.54) is 6.92 Å². The molecule has 0 unspecified atom stereocenters. The number of aryl methyl sites for hydroxylation is 1. The first-order chi connectivity index (χ1) is 7.47. The molecule has 0 spiro atoms. The zero-order valence-corrected chi connectivity index (χ0v) is 8.28. The molecule has 0 aromatic carbocycles. The lowest BCUT2D eigenvalue weighted by atomic mass is 10.1. The summed E-state index contributed by atoms with van der Waals surface area (Å²) in [5.74, 6) is -0.883. The Morgan fingerprint density at radius 3 is 2.75 bits per heavy atom. The van der Waals surface area contributed by atoms with Crippen LogP contribution in [0.25, 0.3) is 0 Å². The third kappa shape index (κ3) is 2.28. The molecular formula is C9H7F2N3O2. The number of alkyl halides is 2. The van der Waals surface area contributed by atoms with E-state index >= 15 is 0 Å². The number of pyridine rings is 1. The molecule has 0 atom stereocenters. The van der Waals surface area contributed by atoms with Crippen LogP contribution in [0.5, 0.6) is 0 Å². The predicted octanol–water partition coefficient (Wildman–Crippen LogP) is 2.30. The third-order valence-corrected chi connectivity index (χ3v) is 1.98. The van der Waals surface area contributed by atoms with Crippen molar-refractivity contribution in [2.75, 3.05) is 0 Å². The van der Waals surface area contributed by atoms with Gasteiger partial charge < -0.3 is 10.1 Å². The summed E-state index contributed by atoms with van der Waals surface area (Å²) in [4.78, 5) is 13.0. The second-order valence-corrected chi connectivity index (χ2v) is 3.06. The van der Waals surface area contributed by atoms with Crippen molar-refractivity contribution in [1.29, 1.82) is 5.26 Å². The van der Waals surface area contributed by atoms with E-state index in [4.69, 9.17) is 5.26 Å². The molecule has 0 saturated heterocycles. The Balaban J connectivity index is 3.38. The third-order valence-electron chi connectivity index (χ3n) is 1.98. The van der Waals surface area contributed by atoms with Gasteiger partial charge in [-0.25, -0.2) is 8.78 Å². The first kappa shape index (κ1) is 12.0. The van der Waals surface area contributed by atoms with E-state index in [1.54, 1.807) is 6.07 Å². The van der Waals surface area contributed by atoms with Crippen molar-refractivity contribution in [1.82, 2.24) is 4.98 Å². The van der Waals surface area contributed by atoms with E-state index in [0.29, 0.717) is 5.56 Å². The Morgan fingerprint density at radius 2 is 2.31 bits per heavy atom. The van der Waals surface area contributed by atoms with E-state index in [1.807, 2.05) is 0 Å². The summed E-state index contributed by atoms with van der Waals surface area (Å²) in [6.07, 6.45) is -3.10. The van der Waals surface area contributed by atoms with Gasteiger partial charge in [0, 0.05) is 0 Å². The second-order valence-electron chi connectivity index (χ2n) is 3.06. The van der Waals surface area contributed by atoms with Crippen molar-refractivity contribution in [3.63, 3.8) is 0 Å². The van der Waals surface area contributed by atoms with Crippen molar-refractivity contribution in [2.45, 2.75) is 19.8 Å². The summed E-state index contributed by atoms with van der Waals surface area (Å²) in [6.45, 7) is 1.48. The fourth-order valence-corrected chi connectivity index (χ4v) is 1.22. The fraction of sp³-hybridized carbons (Fsp3) is 0.333. The van der Waals surface area contributed by atoms with Crippen molar-refractivity contribution in [2.24, 2.45) is 0 Å². The van der Waals surface area contributed by atoms with Gasteiger partial charge in [-0.1, -0.05) is 0 Å². The monoisotopic (exact) mass is 227 g/mol. The molecule has 7 heteroatoms. The van der Waals surface area contributed by atoms with Crippen LogP contribution in [-0.2, 0) is 6.42 Å². The second kappa shape index (κ2) is 4.61. The average molecular weight is 227 g/mol. The van der Waals surface area contributed by atoms with E-state index in [0.717, 1.165) is 6.07 Å². The van der Waals surface area contributed by atoms with Crippen LogP contribution in [0.2, 0.25) is 0 Å². The van der Waals surface area contributed by atoms with Gasteiger partial charge in [-0.2, -0.15) is 5.26 Å². The van der Waals surface area contributed by atoms with Gasteiger partial charge >= 0.3 is 5.82 Å². The Labute approximate surface area is 89.5 Å². The van der Waals surface area contributed by atoms with Crippen LogP contribution in [0.4, 0.5) is 14.6 Å². The normalized spacial score (nSPS) is 10.2. The average Bonchev–Trinajstić information content (AvgIpc) is 2.20. The van der Waals surface area contributed by atoms with E-state index < -0.39 is 22.7 Å². The largest absolute Gasteiger partial charge is 0.372 e. The predicted molar refractivity (Wildman–Crippen MR) is 49.9 cm³/mol. The highest BCUT2D eigenvalue weighted by molar-refractivity contribution is 5.39. The highest BCUT2D eigenvalue weighted by atomic mass is 19.3. The number of nitro groups is 1. The lowest BCUT2D eigenvalue weighted by Gasteiger charge is -2.04. The summed E-state index contributed by atoms with van der Waals surface area (Å²) in [5, 5.41) is 19.0.